The molecular formula is C47H30N4. The van der Waals surface area contributed by atoms with Crippen LogP contribution in [0.15, 0.2) is 182 Å². The molecule has 0 unspecified atom stereocenters. The molecule has 0 aliphatic carbocycles. The van der Waals surface area contributed by atoms with Crippen LogP contribution in [0, 0.1) is 6.57 Å². The molecule has 9 rings (SSSR count). The van der Waals surface area contributed by atoms with Gasteiger partial charge in [-0.3, -0.25) is 4.57 Å². The van der Waals surface area contributed by atoms with Gasteiger partial charge in [0, 0.05) is 21.9 Å². The number of rotatable bonds is 6. The largest absolute Gasteiger partial charge is 0.278 e. The minimum atomic E-state index is 0.609. The van der Waals surface area contributed by atoms with Crippen LogP contribution < -0.4 is 0 Å². The summed E-state index contributed by atoms with van der Waals surface area (Å²) in [6.45, 7) is 7.34. The SMILES string of the molecule is [C-]#[N+]c1ccc(-c2cccc(-c3cc(-c4ccccc4)nc(-n4c5ccc(-c6ccccc6)cc5c5cc(-c6ccccc6)ccc54)n3)c2)cc1. The Bertz CT molecular complexity index is 2630. The summed E-state index contributed by atoms with van der Waals surface area (Å²) in [5.74, 6) is 0.609. The van der Waals surface area contributed by atoms with E-state index in [9.17, 15) is 0 Å². The molecular weight excluding hydrogens is 621 g/mol. The van der Waals surface area contributed by atoms with Gasteiger partial charge in [0.05, 0.1) is 29.0 Å². The molecule has 0 atom stereocenters. The number of hydrogen-bond acceptors (Lipinski definition) is 2. The van der Waals surface area contributed by atoms with Gasteiger partial charge in [0.2, 0.25) is 5.95 Å². The van der Waals surface area contributed by atoms with Gasteiger partial charge in [-0.2, -0.15) is 0 Å². The Morgan fingerprint density at radius 1 is 0.373 bits per heavy atom. The summed E-state index contributed by atoms with van der Waals surface area (Å²) >= 11 is 0. The third kappa shape index (κ3) is 5.63. The number of nitrogens with zero attached hydrogens (tertiary/aromatic N) is 4. The number of benzene rings is 7. The minimum absolute atomic E-state index is 0.609. The van der Waals surface area contributed by atoms with Crippen molar-refractivity contribution in [2.75, 3.05) is 0 Å². The molecule has 4 heteroatoms. The smallest absolute Gasteiger partial charge is 0.235 e. The highest BCUT2D eigenvalue weighted by Crippen LogP contribution is 2.38. The normalized spacial score (nSPS) is 11.1. The van der Waals surface area contributed by atoms with E-state index in [1.807, 2.05) is 42.5 Å². The maximum absolute atomic E-state index is 7.34. The van der Waals surface area contributed by atoms with E-state index in [1.165, 1.54) is 11.1 Å². The first-order valence-corrected chi connectivity index (χ1v) is 16.9. The maximum atomic E-state index is 7.34. The lowest BCUT2D eigenvalue weighted by molar-refractivity contribution is 0.996. The molecule has 4 nitrogen and oxygen atoms in total. The fourth-order valence-electron chi connectivity index (χ4n) is 6.88. The maximum Gasteiger partial charge on any atom is 0.235 e. The van der Waals surface area contributed by atoms with E-state index in [0.29, 0.717) is 11.6 Å². The molecule has 0 radical (unpaired) electrons. The molecule has 0 N–H and O–H groups in total. The molecule has 0 fully saturated rings. The van der Waals surface area contributed by atoms with Crippen LogP contribution in [0.2, 0.25) is 0 Å². The highest BCUT2D eigenvalue weighted by atomic mass is 15.2. The molecule has 2 heterocycles. The molecule has 9 aromatic rings. The van der Waals surface area contributed by atoms with Gasteiger partial charge in [-0.15, -0.1) is 0 Å². The minimum Gasteiger partial charge on any atom is -0.278 e. The van der Waals surface area contributed by atoms with Crippen LogP contribution in [-0.2, 0) is 0 Å². The summed E-state index contributed by atoms with van der Waals surface area (Å²) in [6.07, 6.45) is 0. The van der Waals surface area contributed by atoms with Gasteiger partial charge < -0.3 is 0 Å². The van der Waals surface area contributed by atoms with Crippen molar-refractivity contribution in [3.8, 4) is 61.8 Å². The number of hydrogen-bond donors (Lipinski definition) is 0. The van der Waals surface area contributed by atoms with Crippen molar-refractivity contribution < 1.29 is 0 Å². The molecule has 238 valence electrons. The fraction of sp³-hybridized carbons (Fsp3) is 0. The average molecular weight is 651 g/mol. The van der Waals surface area contributed by atoms with E-state index in [0.717, 1.165) is 66.6 Å². The van der Waals surface area contributed by atoms with Gasteiger partial charge in [0.25, 0.3) is 0 Å². The predicted molar refractivity (Wildman–Crippen MR) is 210 cm³/mol. The first kappa shape index (κ1) is 30.0. The standard InChI is InChI=1S/C47H30N4/c1-48-40-24-20-34(21-25-40)36-18-11-19-39(28-36)44-31-43(35-16-9-4-10-17-35)49-47(50-44)51-45-26-22-37(32-12-5-2-6-13-32)29-41(45)42-30-38(23-27-46(42)51)33-14-7-3-8-15-33/h2-31H. The zero-order chi connectivity index (χ0) is 34.1. The summed E-state index contributed by atoms with van der Waals surface area (Å²) in [5, 5.41) is 2.29. The van der Waals surface area contributed by atoms with E-state index in [4.69, 9.17) is 16.5 Å². The number of fused-ring (bicyclic) bond motifs is 3. The Morgan fingerprint density at radius 3 is 1.35 bits per heavy atom. The van der Waals surface area contributed by atoms with E-state index >= 15 is 0 Å². The molecule has 0 saturated carbocycles. The summed E-state index contributed by atoms with van der Waals surface area (Å²) in [5.41, 5.74) is 13.2. The topological polar surface area (TPSA) is 35.1 Å². The van der Waals surface area contributed by atoms with Crippen LogP contribution in [0.4, 0.5) is 5.69 Å². The Kier molecular flexibility index (Phi) is 7.50. The third-order valence-electron chi connectivity index (χ3n) is 9.45. The van der Waals surface area contributed by atoms with E-state index in [2.05, 4.69) is 149 Å². The van der Waals surface area contributed by atoms with Crippen molar-refractivity contribution in [1.82, 2.24) is 14.5 Å². The molecule has 0 bridgehead atoms. The van der Waals surface area contributed by atoms with Crippen LogP contribution in [0.25, 0.3) is 88.5 Å². The van der Waals surface area contributed by atoms with Crippen molar-refractivity contribution in [2.45, 2.75) is 0 Å². The van der Waals surface area contributed by atoms with Gasteiger partial charge >= 0.3 is 0 Å². The zero-order valence-corrected chi connectivity index (χ0v) is 27.6. The van der Waals surface area contributed by atoms with E-state index < -0.39 is 0 Å². The van der Waals surface area contributed by atoms with Crippen LogP contribution in [0.1, 0.15) is 0 Å². The third-order valence-corrected chi connectivity index (χ3v) is 9.45. The molecule has 51 heavy (non-hydrogen) atoms. The Balaban J connectivity index is 1.28. The van der Waals surface area contributed by atoms with Crippen molar-refractivity contribution in [3.05, 3.63) is 193 Å². The van der Waals surface area contributed by atoms with Crippen LogP contribution >= 0.6 is 0 Å². The fourth-order valence-corrected chi connectivity index (χ4v) is 6.88. The molecule has 7 aromatic carbocycles. The second kappa shape index (κ2) is 12.7. The lowest BCUT2D eigenvalue weighted by Gasteiger charge is -2.13. The van der Waals surface area contributed by atoms with E-state index in [1.54, 1.807) is 0 Å². The molecule has 0 aliphatic heterocycles. The predicted octanol–water partition coefficient (Wildman–Crippen LogP) is 12.5. The highest BCUT2D eigenvalue weighted by Gasteiger charge is 2.19. The second-order valence-corrected chi connectivity index (χ2v) is 12.6. The van der Waals surface area contributed by atoms with Crippen LogP contribution in [0.3, 0.4) is 0 Å². The van der Waals surface area contributed by atoms with Gasteiger partial charge in [0.15, 0.2) is 5.69 Å². The molecule has 0 saturated heterocycles. The quantitative estimate of drug-likeness (QED) is 0.168. The summed E-state index contributed by atoms with van der Waals surface area (Å²) < 4.78 is 2.21. The van der Waals surface area contributed by atoms with Crippen molar-refractivity contribution >= 4 is 27.5 Å². The first-order valence-electron chi connectivity index (χ1n) is 16.9. The monoisotopic (exact) mass is 650 g/mol. The number of aromatic nitrogens is 3. The van der Waals surface area contributed by atoms with Gasteiger partial charge in [0.1, 0.15) is 0 Å². The summed E-state index contributed by atoms with van der Waals surface area (Å²) in [7, 11) is 0. The van der Waals surface area contributed by atoms with Crippen molar-refractivity contribution in [1.29, 1.82) is 0 Å². The molecule has 2 aromatic heterocycles. The highest BCUT2D eigenvalue weighted by molar-refractivity contribution is 6.11. The lowest BCUT2D eigenvalue weighted by atomic mass is 10.0. The second-order valence-electron chi connectivity index (χ2n) is 12.6. The van der Waals surface area contributed by atoms with Gasteiger partial charge in [-0.05, 0) is 69.8 Å². The van der Waals surface area contributed by atoms with Crippen molar-refractivity contribution in [3.63, 3.8) is 0 Å². The Labute approximate surface area is 296 Å². The zero-order valence-electron chi connectivity index (χ0n) is 27.6. The van der Waals surface area contributed by atoms with Crippen molar-refractivity contribution in [2.24, 2.45) is 0 Å². The average Bonchev–Trinajstić information content (AvgIpc) is 3.55. The van der Waals surface area contributed by atoms with E-state index in [-0.39, 0.29) is 0 Å². The summed E-state index contributed by atoms with van der Waals surface area (Å²) in [4.78, 5) is 14.1. The van der Waals surface area contributed by atoms with Gasteiger partial charge in [-0.1, -0.05) is 146 Å². The van der Waals surface area contributed by atoms with Crippen LogP contribution in [-0.4, -0.2) is 14.5 Å². The molecule has 0 spiro atoms. The molecule has 0 amide bonds. The Morgan fingerprint density at radius 2 is 0.804 bits per heavy atom. The van der Waals surface area contributed by atoms with Crippen LogP contribution in [0.5, 0.6) is 0 Å². The first-order chi connectivity index (χ1) is 25.2. The molecule has 0 aliphatic rings. The lowest BCUT2D eigenvalue weighted by Crippen LogP contribution is -2.04. The summed E-state index contributed by atoms with van der Waals surface area (Å²) in [6, 6.07) is 62.9. The van der Waals surface area contributed by atoms with Gasteiger partial charge in [-0.25, -0.2) is 14.8 Å². The Hall–Kier alpha value is -7.09.